The first kappa shape index (κ1) is 10.9. The zero-order chi connectivity index (χ0) is 11.4. The van der Waals surface area contributed by atoms with Gasteiger partial charge in [-0.1, -0.05) is 12.1 Å². The molecule has 84 valence electrons. The molecule has 2 nitrogen and oxygen atoms in total. The van der Waals surface area contributed by atoms with E-state index in [4.69, 9.17) is 4.74 Å². The zero-order valence-electron chi connectivity index (χ0n) is 9.53. The summed E-state index contributed by atoms with van der Waals surface area (Å²) in [5.41, 5.74) is 2.25. The molecule has 0 unspecified atom stereocenters. The van der Waals surface area contributed by atoms with Crippen molar-refractivity contribution in [2.45, 2.75) is 26.2 Å². The van der Waals surface area contributed by atoms with Crippen LogP contribution >= 0.6 is 0 Å². The van der Waals surface area contributed by atoms with Crippen molar-refractivity contribution in [3.05, 3.63) is 35.9 Å². The molecule has 0 saturated heterocycles. The SMILES string of the molecule is CCOc1cccc(C2=CC(=O)CCC2)c1. The summed E-state index contributed by atoms with van der Waals surface area (Å²) in [6.07, 6.45) is 4.41. The Balaban J connectivity index is 2.26. The number of hydrogen-bond donors (Lipinski definition) is 0. The topological polar surface area (TPSA) is 26.3 Å². The number of ketones is 1. The molecule has 2 rings (SSSR count). The van der Waals surface area contributed by atoms with Crippen LogP contribution in [0.15, 0.2) is 30.3 Å². The third kappa shape index (κ3) is 2.51. The Hall–Kier alpha value is -1.57. The van der Waals surface area contributed by atoms with Crippen LogP contribution < -0.4 is 4.74 Å². The maximum atomic E-state index is 11.3. The average molecular weight is 216 g/mol. The van der Waals surface area contributed by atoms with Gasteiger partial charge in [0.25, 0.3) is 0 Å². The predicted molar refractivity (Wildman–Crippen MR) is 64.4 cm³/mol. The summed E-state index contributed by atoms with van der Waals surface area (Å²) >= 11 is 0. The van der Waals surface area contributed by atoms with Crippen LogP contribution in [-0.4, -0.2) is 12.4 Å². The molecule has 0 aromatic heterocycles. The van der Waals surface area contributed by atoms with Crippen molar-refractivity contribution in [1.82, 2.24) is 0 Å². The van der Waals surface area contributed by atoms with E-state index in [1.54, 1.807) is 6.08 Å². The number of carbonyl (C=O) groups is 1. The van der Waals surface area contributed by atoms with Gasteiger partial charge in [0.15, 0.2) is 5.78 Å². The minimum atomic E-state index is 0.239. The Morgan fingerprint density at radius 3 is 2.94 bits per heavy atom. The molecule has 0 radical (unpaired) electrons. The number of allylic oxidation sites excluding steroid dienone is 2. The zero-order valence-corrected chi connectivity index (χ0v) is 9.53. The van der Waals surface area contributed by atoms with E-state index in [1.807, 2.05) is 31.2 Å². The number of ether oxygens (including phenoxy) is 1. The fourth-order valence-electron chi connectivity index (χ4n) is 1.97. The van der Waals surface area contributed by atoms with Crippen molar-refractivity contribution in [2.24, 2.45) is 0 Å². The van der Waals surface area contributed by atoms with Crippen molar-refractivity contribution < 1.29 is 9.53 Å². The highest BCUT2D eigenvalue weighted by Gasteiger charge is 2.11. The fraction of sp³-hybridized carbons (Fsp3) is 0.357. The lowest BCUT2D eigenvalue weighted by atomic mass is 9.93. The Kier molecular flexibility index (Phi) is 3.40. The average Bonchev–Trinajstić information content (AvgIpc) is 2.30. The first-order valence-corrected chi connectivity index (χ1v) is 5.76. The Morgan fingerprint density at radius 1 is 1.31 bits per heavy atom. The smallest absolute Gasteiger partial charge is 0.155 e. The second kappa shape index (κ2) is 4.97. The molecule has 0 atom stereocenters. The second-order valence-corrected chi connectivity index (χ2v) is 3.95. The summed E-state index contributed by atoms with van der Waals surface area (Å²) in [5, 5.41) is 0. The van der Waals surface area contributed by atoms with Crippen LogP contribution in [-0.2, 0) is 4.79 Å². The van der Waals surface area contributed by atoms with Gasteiger partial charge in [0, 0.05) is 6.42 Å². The largest absolute Gasteiger partial charge is 0.494 e. The first-order valence-electron chi connectivity index (χ1n) is 5.76. The summed E-state index contributed by atoms with van der Waals surface area (Å²) in [5.74, 6) is 1.11. The highest BCUT2D eigenvalue weighted by atomic mass is 16.5. The van der Waals surface area contributed by atoms with Gasteiger partial charge < -0.3 is 4.74 Å². The summed E-state index contributed by atoms with van der Waals surface area (Å²) in [6.45, 7) is 2.64. The molecule has 0 spiro atoms. The van der Waals surface area contributed by atoms with Gasteiger partial charge in [-0.2, -0.15) is 0 Å². The standard InChI is InChI=1S/C14H16O2/c1-2-16-14-8-4-6-12(10-14)11-5-3-7-13(15)9-11/h4,6,8-10H,2-3,5,7H2,1H3. The van der Waals surface area contributed by atoms with Crippen LogP contribution in [0, 0.1) is 0 Å². The highest BCUT2D eigenvalue weighted by molar-refractivity contribution is 5.98. The van der Waals surface area contributed by atoms with Crippen molar-refractivity contribution in [3.8, 4) is 5.75 Å². The molecule has 0 bridgehead atoms. The Labute approximate surface area is 95.9 Å². The summed E-state index contributed by atoms with van der Waals surface area (Å²) in [4.78, 5) is 11.3. The minimum Gasteiger partial charge on any atom is -0.494 e. The van der Waals surface area contributed by atoms with Crippen molar-refractivity contribution in [2.75, 3.05) is 6.61 Å². The van der Waals surface area contributed by atoms with Crippen LogP contribution in [0.3, 0.4) is 0 Å². The predicted octanol–water partition coefficient (Wildman–Crippen LogP) is 3.22. The molecule has 0 saturated carbocycles. The van der Waals surface area contributed by atoms with Crippen LogP contribution in [0.5, 0.6) is 5.75 Å². The van der Waals surface area contributed by atoms with Crippen LogP contribution in [0.1, 0.15) is 31.7 Å². The molecule has 0 fully saturated rings. The van der Waals surface area contributed by atoms with E-state index in [2.05, 4.69) is 0 Å². The van der Waals surface area contributed by atoms with E-state index in [0.717, 1.165) is 29.7 Å². The van der Waals surface area contributed by atoms with Crippen LogP contribution in [0.25, 0.3) is 5.57 Å². The Bertz CT molecular complexity index is 418. The molecule has 1 aliphatic carbocycles. The lowest BCUT2D eigenvalue weighted by molar-refractivity contribution is -0.114. The van der Waals surface area contributed by atoms with E-state index in [0.29, 0.717) is 13.0 Å². The van der Waals surface area contributed by atoms with Gasteiger partial charge in [-0.15, -0.1) is 0 Å². The second-order valence-electron chi connectivity index (χ2n) is 3.95. The van der Waals surface area contributed by atoms with E-state index < -0.39 is 0 Å². The Morgan fingerprint density at radius 2 is 2.19 bits per heavy atom. The maximum absolute atomic E-state index is 11.3. The number of rotatable bonds is 3. The van der Waals surface area contributed by atoms with Gasteiger partial charge in [-0.25, -0.2) is 0 Å². The number of hydrogen-bond acceptors (Lipinski definition) is 2. The van der Waals surface area contributed by atoms with E-state index >= 15 is 0 Å². The third-order valence-electron chi connectivity index (χ3n) is 2.72. The van der Waals surface area contributed by atoms with Crippen molar-refractivity contribution >= 4 is 11.4 Å². The molecule has 0 N–H and O–H groups in total. The lowest BCUT2D eigenvalue weighted by Crippen LogP contribution is -2.02. The summed E-state index contributed by atoms with van der Waals surface area (Å²) in [7, 11) is 0. The molecule has 1 aromatic rings. The molecular weight excluding hydrogens is 200 g/mol. The van der Waals surface area contributed by atoms with Gasteiger partial charge >= 0.3 is 0 Å². The molecule has 1 aromatic carbocycles. The van der Waals surface area contributed by atoms with E-state index in [-0.39, 0.29) is 5.78 Å². The highest BCUT2D eigenvalue weighted by Crippen LogP contribution is 2.27. The normalized spacial score (nSPS) is 15.8. The van der Waals surface area contributed by atoms with Gasteiger partial charge in [-0.05, 0) is 49.1 Å². The third-order valence-corrected chi connectivity index (χ3v) is 2.72. The molecule has 0 aliphatic heterocycles. The summed E-state index contributed by atoms with van der Waals surface area (Å²) in [6, 6.07) is 7.96. The minimum absolute atomic E-state index is 0.239. The number of benzene rings is 1. The van der Waals surface area contributed by atoms with Crippen molar-refractivity contribution in [1.29, 1.82) is 0 Å². The molecule has 2 heteroatoms. The fourth-order valence-corrected chi connectivity index (χ4v) is 1.97. The lowest BCUT2D eigenvalue weighted by Gasteiger charge is -2.13. The quantitative estimate of drug-likeness (QED) is 0.775. The molecule has 0 heterocycles. The maximum Gasteiger partial charge on any atom is 0.155 e. The van der Waals surface area contributed by atoms with Crippen molar-refractivity contribution in [3.63, 3.8) is 0 Å². The first-order chi connectivity index (χ1) is 7.79. The monoisotopic (exact) mass is 216 g/mol. The van der Waals surface area contributed by atoms with Gasteiger partial charge in [0.2, 0.25) is 0 Å². The van der Waals surface area contributed by atoms with E-state index in [1.165, 1.54) is 0 Å². The molecule has 0 amide bonds. The molecule has 16 heavy (non-hydrogen) atoms. The van der Waals surface area contributed by atoms with E-state index in [9.17, 15) is 4.79 Å². The van der Waals surface area contributed by atoms with Gasteiger partial charge in [-0.3, -0.25) is 4.79 Å². The molecule has 1 aliphatic rings. The van der Waals surface area contributed by atoms with Crippen LogP contribution in [0.4, 0.5) is 0 Å². The summed E-state index contributed by atoms with van der Waals surface area (Å²) < 4.78 is 5.45. The van der Waals surface area contributed by atoms with Gasteiger partial charge in [0.1, 0.15) is 5.75 Å². The number of carbonyl (C=O) groups excluding carboxylic acids is 1. The molecular formula is C14H16O2. The van der Waals surface area contributed by atoms with Gasteiger partial charge in [0.05, 0.1) is 6.61 Å². The van der Waals surface area contributed by atoms with Crippen LogP contribution in [0.2, 0.25) is 0 Å².